The lowest BCUT2D eigenvalue weighted by atomic mass is 10.2. The Morgan fingerprint density at radius 1 is 1.35 bits per heavy atom. The lowest BCUT2D eigenvalue weighted by molar-refractivity contribution is 0.120. The summed E-state index contributed by atoms with van der Waals surface area (Å²) in [5, 5.41) is 14.9. The van der Waals surface area contributed by atoms with Crippen molar-refractivity contribution >= 4 is 17.2 Å². The van der Waals surface area contributed by atoms with Gasteiger partial charge in [-0.25, -0.2) is 14.4 Å². The van der Waals surface area contributed by atoms with Gasteiger partial charge in [0.2, 0.25) is 0 Å². The Balaban J connectivity index is 1.67. The molecule has 6 nitrogen and oxygen atoms in total. The summed E-state index contributed by atoms with van der Waals surface area (Å²) >= 11 is 0. The third-order valence-corrected chi connectivity index (χ3v) is 3.58. The van der Waals surface area contributed by atoms with Crippen LogP contribution in [0.25, 0.3) is 0 Å². The highest BCUT2D eigenvalue weighted by molar-refractivity contribution is 5.63. The van der Waals surface area contributed by atoms with E-state index in [0.717, 1.165) is 19.4 Å². The molecule has 1 fully saturated rings. The lowest BCUT2D eigenvalue weighted by Gasteiger charge is -2.13. The average Bonchev–Trinajstić information content (AvgIpc) is 3.08. The second-order valence-electron chi connectivity index (χ2n) is 5.20. The smallest absolute Gasteiger partial charge is 0.183 e. The maximum absolute atomic E-state index is 14.2. The molecule has 2 heterocycles. The number of benzene rings is 1. The number of hydrogen-bond donors (Lipinski definition) is 2. The molecule has 0 bridgehead atoms. The molecule has 1 unspecified atom stereocenters. The van der Waals surface area contributed by atoms with Crippen LogP contribution in [0.3, 0.4) is 0 Å². The van der Waals surface area contributed by atoms with Gasteiger partial charge in [0.1, 0.15) is 11.9 Å². The summed E-state index contributed by atoms with van der Waals surface area (Å²) in [6.45, 7) is 1.36. The van der Waals surface area contributed by atoms with E-state index in [1.54, 1.807) is 12.1 Å². The molecule has 1 aromatic heterocycles. The zero-order valence-electron chi connectivity index (χ0n) is 12.4. The third kappa shape index (κ3) is 3.73. The normalized spacial score (nSPS) is 16.8. The molecule has 7 heteroatoms. The van der Waals surface area contributed by atoms with Crippen LogP contribution in [0.5, 0.6) is 0 Å². The van der Waals surface area contributed by atoms with Gasteiger partial charge in [-0.3, -0.25) is 0 Å². The van der Waals surface area contributed by atoms with Crippen molar-refractivity contribution in [1.29, 1.82) is 5.26 Å². The highest BCUT2D eigenvalue weighted by atomic mass is 19.1. The van der Waals surface area contributed by atoms with E-state index >= 15 is 0 Å². The van der Waals surface area contributed by atoms with E-state index < -0.39 is 0 Å². The molecular weight excluding hydrogens is 297 g/mol. The molecule has 0 radical (unpaired) electrons. The Morgan fingerprint density at radius 3 is 2.96 bits per heavy atom. The first kappa shape index (κ1) is 15.2. The topological polar surface area (TPSA) is 82.9 Å². The largest absolute Gasteiger partial charge is 0.380 e. The minimum Gasteiger partial charge on any atom is -0.380 e. The van der Waals surface area contributed by atoms with Crippen molar-refractivity contribution in [1.82, 2.24) is 9.97 Å². The Labute approximate surface area is 133 Å². The van der Waals surface area contributed by atoms with E-state index in [1.807, 2.05) is 6.07 Å². The van der Waals surface area contributed by atoms with Gasteiger partial charge in [-0.2, -0.15) is 5.26 Å². The van der Waals surface area contributed by atoms with E-state index in [0.29, 0.717) is 23.7 Å². The lowest BCUT2D eigenvalue weighted by Crippen LogP contribution is -2.18. The molecule has 1 aromatic carbocycles. The fraction of sp³-hybridized carbons (Fsp3) is 0.312. The summed E-state index contributed by atoms with van der Waals surface area (Å²) in [6, 6.07) is 6.66. The molecule has 23 heavy (non-hydrogen) atoms. The van der Waals surface area contributed by atoms with Crippen LogP contribution in [0.1, 0.15) is 18.5 Å². The van der Waals surface area contributed by atoms with Crippen LogP contribution < -0.4 is 10.6 Å². The van der Waals surface area contributed by atoms with Crippen molar-refractivity contribution in [2.45, 2.75) is 18.9 Å². The van der Waals surface area contributed by atoms with E-state index in [9.17, 15) is 4.39 Å². The Hall–Kier alpha value is -2.72. The average molecular weight is 313 g/mol. The molecule has 2 N–H and O–H groups in total. The van der Waals surface area contributed by atoms with Crippen molar-refractivity contribution in [3.05, 3.63) is 42.1 Å². The van der Waals surface area contributed by atoms with E-state index in [4.69, 9.17) is 10.00 Å². The van der Waals surface area contributed by atoms with Gasteiger partial charge in [0.15, 0.2) is 11.5 Å². The SMILES string of the molecule is N#Cc1nccnc1Nc1ccc(NCC2CCCO2)c(F)c1. The third-order valence-electron chi connectivity index (χ3n) is 3.58. The van der Waals surface area contributed by atoms with Crippen LogP contribution in [0.2, 0.25) is 0 Å². The van der Waals surface area contributed by atoms with Crippen molar-refractivity contribution < 1.29 is 9.13 Å². The van der Waals surface area contributed by atoms with Gasteiger partial charge < -0.3 is 15.4 Å². The number of nitriles is 1. The maximum atomic E-state index is 14.2. The van der Waals surface area contributed by atoms with Gasteiger partial charge in [-0.05, 0) is 31.0 Å². The van der Waals surface area contributed by atoms with E-state index in [2.05, 4.69) is 20.6 Å². The second kappa shape index (κ2) is 7.03. The summed E-state index contributed by atoms with van der Waals surface area (Å²) in [5.41, 5.74) is 1.08. The van der Waals surface area contributed by atoms with Crippen LogP contribution in [-0.2, 0) is 4.74 Å². The predicted octanol–water partition coefficient (Wildman–Crippen LogP) is 2.82. The van der Waals surface area contributed by atoms with Gasteiger partial charge >= 0.3 is 0 Å². The van der Waals surface area contributed by atoms with Gasteiger partial charge in [0, 0.05) is 31.2 Å². The van der Waals surface area contributed by atoms with Crippen molar-refractivity contribution in [3.8, 4) is 6.07 Å². The Morgan fingerprint density at radius 2 is 2.22 bits per heavy atom. The highest BCUT2D eigenvalue weighted by Crippen LogP contribution is 2.23. The van der Waals surface area contributed by atoms with E-state index in [1.165, 1.54) is 18.5 Å². The Bertz CT molecular complexity index is 725. The first-order valence-corrected chi connectivity index (χ1v) is 7.39. The van der Waals surface area contributed by atoms with Gasteiger partial charge in [-0.15, -0.1) is 0 Å². The van der Waals surface area contributed by atoms with Crippen LogP contribution >= 0.6 is 0 Å². The van der Waals surface area contributed by atoms with Crippen LogP contribution in [0, 0.1) is 17.1 Å². The van der Waals surface area contributed by atoms with Gasteiger partial charge in [-0.1, -0.05) is 0 Å². The first-order valence-electron chi connectivity index (χ1n) is 7.39. The number of rotatable bonds is 5. The van der Waals surface area contributed by atoms with E-state index in [-0.39, 0.29) is 17.6 Å². The van der Waals surface area contributed by atoms with Crippen molar-refractivity contribution in [2.24, 2.45) is 0 Å². The van der Waals surface area contributed by atoms with Crippen LogP contribution in [0.15, 0.2) is 30.6 Å². The molecule has 118 valence electrons. The molecule has 0 saturated carbocycles. The summed E-state index contributed by atoms with van der Waals surface area (Å²) in [7, 11) is 0. The zero-order valence-corrected chi connectivity index (χ0v) is 12.4. The molecule has 1 saturated heterocycles. The first-order chi connectivity index (χ1) is 11.3. The molecule has 0 spiro atoms. The Kier molecular flexibility index (Phi) is 4.64. The quantitative estimate of drug-likeness (QED) is 0.883. The molecule has 1 atom stereocenters. The second-order valence-corrected chi connectivity index (χ2v) is 5.20. The number of hydrogen-bond acceptors (Lipinski definition) is 6. The highest BCUT2D eigenvalue weighted by Gasteiger charge is 2.15. The number of aromatic nitrogens is 2. The summed E-state index contributed by atoms with van der Waals surface area (Å²) < 4.78 is 19.7. The standard InChI is InChI=1S/C16H16FN5O/c17-13-8-11(22-16-15(9-18)19-5-6-20-16)3-4-14(13)21-10-12-2-1-7-23-12/h3-6,8,12,21H,1-2,7,10H2,(H,20,22). The molecule has 3 rings (SSSR count). The summed E-state index contributed by atoms with van der Waals surface area (Å²) in [6.07, 6.45) is 5.10. The summed E-state index contributed by atoms with van der Waals surface area (Å²) in [5.74, 6) is -0.0788. The predicted molar refractivity (Wildman–Crippen MR) is 83.9 cm³/mol. The van der Waals surface area contributed by atoms with Gasteiger partial charge in [0.05, 0.1) is 11.8 Å². The number of ether oxygens (including phenoxy) is 1. The maximum Gasteiger partial charge on any atom is 0.183 e. The fourth-order valence-corrected chi connectivity index (χ4v) is 2.41. The molecule has 2 aromatic rings. The molecule has 0 amide bonds. The zero-order chi connectivity index (χ0) is 16.1. The number of anilines is 3. The minimum atomic E-state index is -0.379. The summed E-state index contributed by atoms with van der Waals surface area (Å²) in [4.78, 5) is 7.94. The van der Waals surface area contributed by atoms with Crippen molar-refractivity contribution in [3.63, 3.8) is 0 Å². The molecule has 1 aliphatic heterocycles. The number of nitrogens with one attached hydrogen (secondary N) is 2. The molecular formula is C16H16FN5O. The van der Waals surface area contributed by atoms with Crippen LogP contribution in [0.4, 0.5) is 21.6 Å². The minimum absolute atomic E-state index is 0.144. The van der Waals surface area contributed by atoms with Crippen molar-refractivity contribution in [2.75, 3.05) is 23.8 Å². The number of nitrogens with zero attached hydrogens (tertiary/aromatic N) is 3. The monoisotopic (exact) mass is 313 g/mol. The molecule has 0 aliphatic carbocycles. The van der Waals surface area contributed by atoms with Gasteiger partial charge in [0.25, 0.3) is 0 Å². The fourth-order valence-electron chi connectivity index (χ4n) is 2.41. The molecule has 1 aliphatic rings. The van der Waals surface area contributed by atoms with Crippen LogP contribution in [-0.4, -0.2) is 29.2 Å². The number of halogens is 1.